The molecule has 9 heteroatoms. The summed E-state index contributed by atoms with van der Waals surface area (Å²) < 4.78 is 0. The van der Waals surface area contributed by atoms with Crippen molar-refractivity contribution in [2.24, 2.45) is 4.99 Å². The number of nitro benzene ring substituents is 1. The van der Waals surface area contributed by atoms with Crippen molar-refractivity contribution in [3.05, 3.63) is 63.7 Å². The highest BCUT2D eigenvalue weighted by atomic mass is 16.7. The number of nitrogens with zero attached hydrogens (tertiary/aromatic N) is 4. The zero-order chi connectivity index (χ0) is 23.6. The first-order valence-electron chi connectivity index (χ1n) is 11.6. The van der Waals surface area contributed by atoms with Gasteiger partial charge in [0, 0.05) is 31.3 Å². The van der Waals surface area contributed by atoms with Gasteiger partial charge in [-0.2, -0.15) is 0 Å². The van der Waals surface area contributed by atoms with Crippen molar-refractivity contribution in [1.29, 1.82) is 0 Å². The number of hydrogen-bond donors (Lipinski definition) is 2. The zero-order valence-electron chi connectivity index (χ0n) is 19.7. The summed E-state index contributed by atoms with van der Waals surface area (Å²) in [5, 5.41) is 19.7. The van der Waals surface area contributed by atoms with Crippen LogP contribution < -0.4 is 10.6 Å². The summed E-state index contributed by atoms with van der Waals surface area (Å²) in [5.74, 6) is 0.602. The molecule has 0 aliphatic carbocycles. The van der Waals surface area contributed by atoms with Crippen LogP contribution in [0.25, 0.3) is 0 Å². The van der Waals surface area contributed by atoms with Gasteiger partial charge in [-0.05, 0) is 38.1 Å². The summed E-state index contributed by atoms with van der Waals surface area (Å²) in [6, 6.07) is 13.4. The molecule has 178 valence electrons. The lowest BCUT2D eigenvalue weighted by Crippen LogP contribution is -2.42. The van der Waals surface area contributed by atoms with Gasteiger partial charge in [0.2, 0.25) is 5.96 Å². The van der Waals surface area contributed by atoms with E-state index >= 15 is 0 Å². The molecule has 3 rings (SSSR count). The lowest BCUT2D eigenvalue weighted by Gasteiger charge is -2.30. The van der Waals surface area contributed by atoms with Crippen molar-refractivity contribution in [3.8, 4) is 0 Å². The fourth-order valence-corrected chi connectivity index (χ4v) is 3.75. The Morgan fingerprint density at radius 3 is 2.58 bits per heavy atom. The first-order valence-corrected chi connectivity index (χ1v) is 11.6. The van der Waals surface area contributed by atoms with E-state index in [1.807, 2.05) is 37.3 Å². The maximum Gasteiger partial charge on any atom is 0.292 e. The molecule has 1 heterocycles. The van der Waals surface area contributed by atoms with E-state index in [1.54, 1.807) is 17.2 Å². The van der Waals surface area contributed by atoms with Crippen LogP contribution in [0.2, 0.25) is 0 Å². The topological polar surface area (TPSA) is 95.3 Å². The normalized spacial score (nSPS) is 13.0. The van der Waals surface area contributed by atoms with Gasteiger partial charge in [0.1, 0.15) is 5.69 Å². The minimum absolute atomic E-state index is 0.0491. The summed E-state index contributed by atoms with van der Waals surface area (Å²) in [6.07, 6.45) is 0.885. The summed E-state index contributed by atoms with van der Waals surface area (Å²) in [5.41, 5.74) is 3.12. The summed E-state index contributed by atoms with van der Waals surface area (Å²) in [7, 11) is 0. The second-order valence-corrected chi connectivity index (χ2v) is 7.81. The summed E-state index contributed by atoms with van der Waals surface area (Å²) in [6.45, 7) is 11.3. The molecule has 2 aromatic rings. The lowest BCUT2D eigenvalue weighted by molar-refractivity contribution is -0.384. The molecule has 0 aromatic heterocycles. The second kappa shape index (κ2) is 12.2. The fourth-order valence-electron chi connectivity index (χ4n) is 3.75. The van der Waals surface area contributed by atoms with E-state index in [-0.39, 0.29) is 10.6 Å². The zero-order valence-corrected chi connectivity index (χ0v) is 19.7. The van der Waals surface area contributed by atoms with Gasteiger partial charge >= 0.3 is 0 Å². The SMILES string of the molecule is CCNc1cc2c(cc1[N+](=O)[O-])CN(OCCCN(CC)CC)C(NCc1ccccc1)=N2. The van der Waals surface area contributed by atoms with Crippen LogP contribution in [0.5, 0.6) is 0 Å². The van der Waals surface area contributed by atoms with Crippen LogP contribution in [-0.4, -0.2) is 53.6 Å². The quantitative estimate of drug-likeness (QED) is 0.281. The molecule has 0 bridgehead atoms. The maximum absolute atomic E-state index is 11.6. The Hall–Kier alpha value is -3.17. The number of nitrogens with one attached hydrogen (secondary N) is 2. The Bertz CT molecular complexity index is 947. The Morgan fingerprint density at radius 2 is 1.91 bits per heavy atom. The highest BCUT2D eigenvalue weighted by Gasteiger charge is 2.25. The van der Waals surface area contributed by atoms with Crippen molar-refractivity contribution < 1.29 is 9.76 Å². The monoisotopic (exact) mass is 454 g/mol. The molecule has 0 amide bonds. The van der Waals surface area contributed by atoms with E-state index < -0.39 is 0 Å². The molecule has 0 atom stereocenters. The number of hydrogen-bond acceptors (Lipinski definition) is 8. The van der Waals surface area contributed by atoms with Crippen molar-refractivity contribution in [1.82, 2.24) is 15.3 Å². The number of fused-ring (bicyclic) bond motifs is 1. The van der Waals surface area contributed by atoms with Gasteiger partial charge in [-0.25, -0.2) is 10.1 Å². The fraction of sp³-hybridized carbons (Fsp3) is 0.458. The number of aliphatic imine (C=N–C) groups is 1. The van der Waals surface area contributed by atoms with Crippen molar-refractivity contribution in [3.63, 3.8) is 0 Å². The molecule has 2 aromatic carbocycles. The number of rotatable bonds is 12. The van der Waals surface area contributed by atoms with E-state index in [1.165, 1.54) is 0 Å². The largest absolute Gasteiger partial charge is 0.380 e. The Balaban J connectivity index is 1.80. The number of anilines is 1. The van der Waals surface area contributed by atoms with E-state index in [0.29, 0.717) is 43.6 Å². The van der Waals surface area contributed by atoms with Gasteiger partial charge in [0.05, 0.1) is 23.8 Å². The van der Waals surface area contributed by atoms with E-state index in [0.717, 1.165) is 37.2 Å². The molecule has 0 radical (unpaired) electrons. The maximum atomic E-state index is 11.6. The molecule has 0 saturated carbocycles. The van der Waals surface area contributed by atoms with Gasteiger partial charge in [0.25, 0.3) is 5.69 Å². The number of guanidine groups is 1. The smallest absolute Gasteiger partial charge is 0.292 e. The predicted molar refractivity (Wildman–Crippen MR) is 132 cm³/mol. The molecule has 0 fully saturated rings. The molecular formula is C24H34N6O3. The van der Waals surface area contributed by atoms with Crippen molar-refractivity contribution >= 4 is 23.0 Å². The predicted octanol–water partition coefficient (Wildman–Crippen LogP) is 4.28. The van der Waals surface area contributed by atoms with E-state index in [9.17, 15) is 10.1 Å². The van der Waals surface area contributed by atoms with Crippen LogP contribution >= 0.6 is 0 Å². The van der Waals surface area contributed by atoms with Crippen LogP contribution in [0, 0.1) is 10.1 Å². The standard InChI is InChI=1S/C24H34N6O3/c1-4-25-22-16-21-20(15-23(22)30(31)32)18-29(33-14-10-13-28(5-2)6-3)24(27-21)26-17-19-11-8-7-9-12-19/h7-9,11-12,15-16,25H,4-6,10,13-14,17-18H2,1-3H3,(H,26,27). The Labute approximate surface area is 195 Å². The number of hydroxylamine groups is 2. The first kappa shape index (κ1) is 24.5. The van der Waals surface area contributed by atoms with Crippen LogP contribution in [0.15, 0.2) is 47.5 Å². The summed E-state index contributed by atoms with van der Waals surface area (Å²) >= 11 is 0. The molecule has 0 unspecified atom stereocenters. The molecular weight excluding hydrogens is 420 g/mol. The number of nitro groups is 1. The van der Waals surface area contributed by atoms with Crippen LogP contribution in [0.1, 0.15) is 38.3 Å². The van der Waals surface area contributed by atoms with Gasteiger partial charge in [-0.15, -0.1) is 0 Å². The summed E-state index contributed by atoms with van der Waals surface area (Å²) in [4.78, 5) is 24.4. The average molecular weight is 455 g/mol. The molecule has 0 spiro atoms. The molecule has 1 aliphatic heterocycles. The van der Waals surface area contributed by atoms with E-state index in [4.69, 9.17) is 9.83 Å². The minimum Gasteiger partial charge on any atom is -0.380 e. The van der Waals surface area contributed by atoms with Crippen molar-refractivity contribution in [2.45, 2.75) is 40.3 Å². The average Bonchev–Trinajstić information content (AvgIpc) is 2.83. The number of benzene rings is 2. The van der Waals surface area contributed by atoms with Crippen LogP contribution in [0.4, 0.5) is 17.1 Å². The molecule has 33 heavy (non-hydrogen) atoms. The van der Waals surface area contributed by atoms with Crippen molar-refractivity contribution in [2.75, 3.05) is 38.1 Å². The second-order valence-electron chi connectivity index (χ2n) is 7.81. The van der Waals surface area contributed by atoms with E-state index in [2.05, 4.69) is 29.4 Å². The third-order valence-electron chi connectivity index (χ3n) is 5.59. The van der Waals surface area contributed by atoms with Crippen LogP contribution in [-0.2, 0) is 17.9 Å². The van der Waals surface area contributed by atoms with Gasteiger partial charge in [0.15, 0.2) is 0 Å². The highest BCUT2D eigenvalue weighted by Crippen LogP contribution is 2.36. The van der Waals surface area contributed by atoms with Crippen LogP contribution in [0.3, 0.4) is 0 Å². The third-order valence-corrected chi connectivity index (χ3v) is 5.59. The van der Waals surface area contributed by atoms with Gasteiger partial charge < -0.3 is 15.5 Å². The highest BCUT2D eigenvalue weighted by molar-refractivity contribution is 5.86. The Kier molecular flexibility index (Phi) is 9.03. The Morgan fingerprint density at radius 1 is 1.15 bits per heavy atom. The van der Waals surface area contributed by atoms with Gasteiger partial charge in [-0.3, -0.25) is 15.0 Å². The minimum atomic E-state index is -0.361. The lowest BCUT2D eigenvalue weighted by atomic mass is 10.1. The first-order chi connectivity index (χ1) is 16.0. The molecule has 0 saturated heterocycles. The molecule has 2 N–H and O–H groups in total. The van der Waals surface area contributed by atoms with Gasteiger partial charge in [-0.1, -0.05) is 44.2 Å². The molecule has 9 nitrogen and oxygen atoms in total. The third kappa shape index (κ3) is 6.66. The molecule has 1 aliphatic rings.